The third kappa shape index (κ3) is 2.90. The number of nitrogens with one attached hydrogen (secondary N) is 1. The number of methoxy groups -OCH3 is 1. The minimum absolute atomic E-state index is 0.216. The van der Waals surface area contributed by atoms with Gasteiger partial charge in [-0.1, -0.05) is 0 Å². The number of benzene rings is 1. The lowest BCUT2D eigenvalue weighted by molar-refractivity contribution is 0.0920. The standard InChI is InChI=1S/C14H15BrN2O2/c1-19-12-5-4-10(8-11(12)15)13(18)17-14(9-16)6-2-3-7-14/h4-5,8H,2-3,6-7H2,1H3,(H,17,18). The van der Waals surface area contributed by atoms with Gasteiger partial charge in [-0.05, 0) is 59.8 Å². The van der Waals surface area contributed by atoms with Crippen molar-refractivity contribution in [3.8, 4) is 11.8 Å². The number of rotatable bonds is 3. The maximum absolute atomic E-state index is 12.2. The van der Waals surface area contributed by atoms with E-state index >= 15 is 0 Å². The summed E-state index contributed by atoms with van der Waals surface area (Å²) in [5.74, 6) is 0.458. The summed E-state index contributed by atoms with van der Waals surface area (Å²) >= 11 is 3.35. The molecule has 100 valence electrons. The number of carbonyl (C=O) groups excluding carboxylic acids is 1. The van der Waals surface area contributed by atoms with Crippen molar-refractivity contribution in [3.63, 3.8) is 0 Å². The molecule has 1 aliphatic rings. The number of nitriles is 1. The van der Waals surface area contributed by atoms with Gasteiger partial charge in [0.2, 0.25) is 0 Å². The van der Waals surface area contributed by atoms with E-state index in [1.807, 2.05) is 0 Å². The predicted molar refractivity (Wildman–Crippen MR) is 75.0 cm³/mol. The van der Waals surface area contributed by atoms with Gasteiger partial charge in [-0.15, -0.1) is 0 Å². The van der Waals surface area contributed by atoms with E-state index in [-0.39, 0.29) is 5.91 Å². The van der Waals surface area contributed by atoms with Gasteiger partial charge in [0, 0.05) is 5.56 Å². The molecule has 1 aromatic rings. The van der Waals surface area contributed by atoms with Crippen molar-refractivity contribution in [1.82, 2.24) is 5.32 Å². The fourth-order valence-corrected chi connectivity index (χ4v) is 2.88. The molecule has 0 unspecified atom stereocenters. The van der Waals surface area contributed by atoms with Crippen molar-refractivity contribution in [1.29, 1.82) is 5.26 Å². The van der Waals surface area contributed by atoms with Gasteiger partial charge in [-0.3, -0.25) is 4.79 Å². The van der Waals surface area contributed by atoms with Crippen molar-refractivity contribution in [3.05, 3.63) is 28.2 Å². The lowest BCUT2D eigenvalue weighted by Gasteiger charge is -2.22. The van der Waals surface area contributed by atoms with Gasteiger partial charge in [0.05, 0.1) is 17.7 Å². The number of nitrogens with zero attached hydrogens (tertiary/aromatic N) is 1. The van der Waals surface area contributed by atoms with Crippen molar-refractivity contribution in [2.24, 2.45) is 0 Å². The van der Waals surface area contributed by atoms with Gasteiger partial charge in [-0.25, -0.2) is 0 Å². The van der Waals surface area contributed by atoms with Crippen LogP contribution in [0.2, 0.25) is 0 Å². The molecule has 0 radical (unpaired) electrons. The summed E-state index contributed by atoms with van der Waals surface area (Å²) in [6.07, 6.45) is 3.43. The summed E-state index contributed by atoms with van der Waals surface area (Å²) in [5, 5.41) is 12.1. The van der Waals surface area contributed by atoms with Crippen LogP contribution in [-0.2, 0) is 0 Å². The highest BCUT2D eigenvalue weighted by Gasteiger charge is 2.35. The first-order valence-electron chi connectivity index (χ1n) is 6.17. The second kappa shape index (κ2) is 5.62. The Bertz CT molecular complexity index is 531. The van der Waals surface area contributed by atoms with Crippen LogP contribution in [0.5, 0.6) is 5.75 Å². The molecule has 2 rings (SSSR count). The van der Waals surface area contributed by atoms with E-state index in [1.54, 1.807) is 25.3 Å². The molecular weight excluding hydrogens is 308 g/mol. The third-order valence-corrected chi connectivity index (χ3v) is 4.06. The Labute approximate surface area is 120 Å². The van der Waals surface area contributed by atoms with Crippen molar-refractivity contribution >= 4 is 21.8 Å². The zero-order valence-electron chi connectivity index (χ0n) is 10.7. The first-order chi connectivity index (χ1) is 9.10. The second-order valence-corrected chi connectivity index (χ2v) is 5.56. The largest absolute Gasteiger partial charge is 0.496 e. The molecule has 0 atom stereocenters. The van der Waals surface area contributed by atoms with Crippen LogP contribution in [0.15, 0.2) is 22.7 Å². The normalized spacial score (nSPS) is 16.7. The molecule has 1 aliphatic carbocycles. The highest BCUT2D eigenvalue weighted by molar-refractivity contribution is 9.10. The number of amides is 1. The SMILES string of the molecule is COc1ccc(C(=O)NC2(C#N)CCCC2)cc1Br. The molecule has 0 aliphatic heterocycles. The van der Waals surface area contributed by atoms with Gasteiger partial charge in [0.1, 0.15) is 11.3 Å². The van der Waals surface area contributed by atoms with Crippen LogP contribution < -0.4 is 10.1 Å². The molecule has 0 aromatic heterocycles. The lowest BCUT2D eigenvalue weighted by atomic mass is 9.99. The molecule has 5 heteroatoms. The zero-order valence-corrected chi connectivity index (χ0v) is 12.3. The van der Waals surface area contributed by atoms with Crippen LogP contribution in [0.1, 0.15) is 36.0 Å². The summed E-state index contributed by atoms with van der Waals surface area (Å²) in [7, 11) is 1.57. The first-order valence-corrected chi connectivity index (χ1v) is 6.97. The second-order valence-electron chi connectivity index (χ2n) is 4.70. The Morgan fingerprint density at radius 2 is 2.16 bits per heavy atom. The molecule has 1 N–H and O–H groups in total. The number of hydrogen-bond acceptors (Lipinski definition) is 3. The molecule has 19 heavy (non-hydrogen) atoms. The quantitative estimate of drug-likeness (QED) is 0.930. The third-order valence-electron chi connectivity index (χ3n) is 3.44. The monoisotopic (exact) mass is 322 g/mol. The average Bonchev–Trinajstić information content (AvgIpc) is 2.87. The van der Waals surface area contributed by atoms with Gasteiger partial charge >= 0.3 is 0 Å². The molecule has 0 saturated heterocycles. The topological polar surface area (TPSA) is 62.1 Å². The average molecular weight is 323 g/mol. The van der Waals surface area contributed by atoms with Crippen LogP contribution in [0, 0.1) is 11.3 Å². The minimum atomic E-state index is -0.691. The van der Waals surface area contributed by atoms with Crippen molar-refractivity contribution in [2.75, 3.05) is 7.11 Å². The molecule has 0 bridgehead atoms. The van der Waals surface area contributed by atoms with Crippen LogP contribution in [-0.4, -0.2) is 18.6 Å². The van der Waals surface area contributed by atoms with Crippen LogP contribution in [0.4, 0.5) is 0 Å². The Hall–Kier alpha value is -1.54. The summed E-state index contributed by atoms with van der Waals surface area (Å²) in [4.78, 5) is 12.2. The van der Waals surface area contributed by atoms with Gasteiger partial charge in [0.25, 0.3) is 5.91 Å². The maximum Gasteiger partial charge on any atom is 0.252 e. The van der Waals surface area contributed by atoms with E-state index < -0.39 is 5.54 Å². The number of carbonyl (C=O) groups is 1. The zero-order chi connectivity index (χ0) is 13.9. The summed E-state index contributed by atoms with van der Waals surface area (Å²) < 4.78 is 5.85. The fourth-order valence-electron chi connectivity index (χ4n) is 2.34. The summed E-state index contributed by atoms with van der Waals surface area (Å²) in [6, 6.07) is 7.37. The highest BCUT2D eigenvalue weighted by Crippen LogP contribution is 2.30. The fraction of sp³-hybridized carbons (Fsp3) is 0.429. The molecular formula is C14H15BrN2O2. The smallest absolute Gasteiger partial charge is 0.252 e. The summed E-state index contributed by atoms with van der Waals surface area (Å²) in [6.45, 7) is 0. The molecule has 1 aromatic carbocycles. The van der Waals surface area contributed by atoms with E-state index in [0.717, 1.165) is 30.2 Å². The Kier molecular flexibility index (Phi) is 4.11. The highest BCUT2D eigenvalue weighted by atomic mass is 79.9. The predicted octanol–water partition coefficient (Wildman–Crippen LogP) is 3.02. The van der Waals surface area contributed by atoms with Gasteiger partial charge in [0.15, 0.2) is 0 Å². The maximum atomic E-state index is 12.2. The van der Waals surface area contributed by atoms with E-state index in [9.17, 15) is 10.1 Å². The Morgan fingerprint density at radius 1 is 1.47 bits per heavy atom. The van der Waals surface area contributed by atoms with Gasteiger partial charge < -0.3 is 10.1 Å². The Balaban J connectivity index is 2.16. The van der Waals surface area contributed by atoms with Crippen LogP contribution in [0.3, 0.4) is 0 Å². The molecule has 4 nitrogen and oxygen atoms in total. The summed E-state index contributed by atoms with van der Waals surface area (Å²) in [5.41, 5.74) is -0.169. The Morgan fingerprint density at radius 3 is 2.68 bits per heavy atom. The van der Waals surface area contributed by atoms with E-state index in [2.05, 4.69) is 27.3 Å². The minimum Gasteiger partial charge on any atom is -0.496 e. The van der Waals surface area contributed by atoms with E-state index in [1.165, 1.54) is 0 Å². The molecule has 1 amide bonds. The number of halogens is 1. The molecule has 1 saturated carbocycles. The molecule has 1 fully saturated rings. The van der Waals surface area contributed by atoms with E-state index in [0.29, 0.717) is 11.3 Å². The van der Waals surface area contributed by atoms with Crippen molar-refractivity contribution < 1.29 is 9.53 Å². The number of hydrogen-bond donors (Lipinski definition) is 1. The molecule has 0 heterocycles. The lowest BCUT2D eigenvalue weighted by Crippen LogP contribution is -2.45. The van der Waals surface area contributed by atoms with Crippen LogP contribution in [0.25, 0.3) is 0 Å². The van der Waals surface area contributed by atoms with Crippen LogP contribution >= 0.6 is 15.9 Å². The van der Waals surface area contributed by atoms with E-state index in [4.69, 9.17) is 4.74 Å². The van der Waals surface area contributed by atoms with Crippen molar-refractivity contribution in [2.45, 2.75) is 31.2 Å². The molecule has 0 spiro atoms. The van der Waals surface area contributed by atoms with Gasteiger partial charge in [-0.2, -0.15) is 5.26 Å². The first kappa shape index (κ1) is 13.9. The number of ether oxygens (including phenoxy) is 1.